The van der Waals surface area contributed by atoms with Crippen molar-refractivity contribution in [2.45, 2.75) is 26.3 Å². The first kappa shape index (κ1) is 12.8. The van der Waals surface area contributed by atoms with E-state index in [0.717, 1.165) is 0 Å². The number of carbonyl (C=O) groups is 1. The van der Waals surface area contributed by atoms with Gasteiger partial charge >= 0.3 is 0 Å². The van der Waals surface area contributed by atoms with Gasteiger partial charge in [0, 0.05) is 19.2 Å². The largest absolute Gasteiger partial charge is 0.396 e. The Morgan fingerprint density at radius 3 is 2.54 bits per heavy atom. The quantitative estimate of drug-likeness (QED) is 0.702. The average molecular weight is 205 g/mol. The predicted octanol–water partition coefficient (Wildman–Crippen LogP) is 0.969. The molecule has 0 radical (unpaired) electrons. The van der Waals surface area contributed by atoms with Gasteiger partial charge in [-0.3, -0.25) is 4.79 Å². The van der Waals surface area contributed by atoms with Crippen LogP contribution in [-0.4, -0.2) is 47.1 Å². The second-order valence-electron chi connectivity index (χ2n) is 3.19. The highest BCUT2D eigenvalue weighted by Gasteiger charge is 2.14. The average Bonchev–Trinajstić information content (AvgIpc) is 2.05. The van der Waals surface area contributed by atoms with Gasteiger partial charge in [0.2, 0.25) is 5.91 Å². The summed E-state index contributed by atoms with van der Waals surface area (Å²) in [6.45, 7) is 4.80. The molecule has 0 spiro atoms. The van der Waals surface area contributed by atoms with E-state index < -0.39 is 0 Å². The minimum absolute atomic E-state index is 0.149. The first-order valence-corrected chi connectivity index (χ1v) is 5.92. The Morgan fingerprint density at radius 1 is 1.54 bits per heavy atom. The van der Waals surface area contributed by atoms with Gasteiger partial charge in [-0.05, 0) is 26.5 Å². The van der Waals surface area contributed by atoms with Crippen molar-refractivity contribution in [3.05, 3.63) is 0 Å². The maximum absolute atomic E-state index is 11.5. The number of amides is 1. The molecule has 0 fully saturated rings. The molecule has 4 heteroatoms. The van der Waals surface area contributed by atoms with Crippen LogP contribution < -0.4 is 0 Å². The minimum Gasteiger partial charge on any atom is -0.396 e. The second-order valence-corrected chi connectivity index (χ2v) is 4.06. The van der Waals surface area contributed by atoms with E-state index in [9.17, 15) is 4.79 Å². The van der Waals surface area contributed by atoms with Crippen LogP contribution in [0.1, 0.15) is 20.3 Å². The van der Waals surface area contributed by atoms with Crippen LogP contribution in [0.5, 0.6) is 0 Å². The Kier molecular flexibility index (Phi) is 7.09. The monoisotopic (exact) mass is 205 g/mol. The van der Waals surface area contributed by atoms with Gasteiger partial charge in [-0.2, -0.15) is 11.8 Å². The van der Waals surface area contributed by atoms with Crippen LogP contribution in [0, 0.1) is 0 Å². The second kappa shape index (κ2) is 7.21. The van der Waals surface area contributed by atoms with Crippen molar-refractivity contribution in [3.8, 4) is 0 Å². The summed E-state index contributed by atoms with van der Waals surface area (Å²) in [5.41, 5.74) is 0. The molecule has 13 heavy (non-hydrogen) atoms. The lowest BCUT2D eigenvalue weighted by molar-refractivity contribution is -0.130. The lowest BCUT2D eigenvalue weighted by Gasteiger charge is -2.26. The van der Waals surface area contributed by atoms with Gasteiger partial charge < -0.3 is 10.0 Å². The Hall–Kier alpha value is -0.220. The molecular weight excluding hydrogens is 186 g/mol. The fourth-order valence-corrected chi connectivity index (χ4v) is 1.53. The highest BCUT2D eigenvalue weighted by atomic mass is 32.2. The zero-order chi connectivity index (χ0) is 10.3. The van der Waals surface area contributed by atoms with Gasteiger partial charge in [0.25, 0.3) is 0 Å². The molecule has 0 aliphatic carbocycles. The van der Waals surface area contributed by atoms with Crippen LogP contribution in [0.2, 0.25) is 0 Å². The van der Waals surface area contributed by atoms with E-state index in [1.807, 2.05) is 25.0 Å². The number of rotatable bonds is 6. The number of aliphatic hydroxyl groups is 1. The van der Waals surface area contributed by atoms with E-state index in [0.29, 0.717) is 18.7 Å². The van der Waals surface area contributed by atoms with Crippen LogP contribution in [0.25, 0.3) is 0 Å². The fourth-order valence-electron chi connectivity index (χ4n) is 1.12. The molecule has 0 bridgehead atoms. The summed E-state index contributed by atoms with van der Waals surface area (Å²) in [5.74, 6) is 0.694. The van der Waals surface area contributed by atoms with E-state index in [1.54, 1.807) is 0 Å². The Balaban J connectivity index is 3.99. The van der Waals surface area contributed by atoms with Crippen LogP contribution in [0.15, 0.2) is 0 Å². The smallest absolute Gasteiger partial charge is 0.232 e. The molecule has 0 aliphatic heterocycles. The number of hydrogen-bond acceptors (Lipinski definition) is 3. The minimum atomic E-state index is 0.149. The summed E-state index contributed by atoms with van der Waals surface area (Å²) < 4.78 is 0. The molecule has 0 aromatic carbocycles. The first-order chi connectivity index (χ1) is 6.13. The van der Waals surface area contributed by atoms with Gasteiger partial charge in [0.1, 0.15) is 0 Å². The van der Waals surface area contributed by atoms with E-state index in [2.05, 4.69) is 0 Å². The van der Waals surface area contributed by atoms with E-state index in [4.69, 9.17) is 5.11 Å². The summed E-state index contributed by atoms with van der Waals surface area (Å²) >= 11 is 1.54. The number of nitrogens with zero attached hydrogens (tertiary/aromatic N) is 1. The molecule has 0 aliphatic rings. The van der Waals surface area contributed by atoms with Crippen LogP contribution in [-0.2, 0) is 4.79 Å². The van der Waals surface area contributed by atoms with Crippen molar-refractivity contribution in [2.24, 2.45) is 0 Å². The maximum Gasteiger partial charge on any atom is 0.232 e. The topological polar surface area (TPSA) is 40.5 Å². The molecule has 0 saturated carbocycles. The standard InChI is InChI=1S/C9H19NO2S/c1-8(2)10(5-4-6-11)9(12)7-13-3/h8,11H,4-7H2,1-3H3. The molecule has 0 atom stereocenters. The molecule has 1 amide bonds. The molecule has 78 valence electrons. The van der Waals surface area contributed by atoms with Crippen LogP contribution in [0.3, 0.4) is 0 Å². The Bertz CT molecular complexity index is 151. The Morgan fingerprint density at radius 2 is 2.15 bits per heavy atom. The predicted molar refractivity (Wildman–Crippen MR) is 56.9 cm³/mol. The van der Waals surface area contributed by atoms with Crippen molar-refractivity contribution >= 4 is 17.7 Å². The maximum atomic E-state index is 11.5. The van der Waals surface area contributed by atoms with Crippen molar-refractivity contribution in [1.82, 2.24) is 4.90 Å². The van der Waals surface area contributed by atoms with Crippen molar-refractivity contribution in [3.63, 3.8) is 0 Å². The molecular formula is C9H19NO2S. The fraction of sp³-hybridized carbons (Fsp3) is 0.889. The highest BCUT2D eigenvalue weighted by molar-refractivity contribution is 7.99. The van der Waals surface area contributed by atoms with Crippen molar-refractivity contribution < 1.29 is 9.90 Å². The van der Waals surface area contributed by atoms with Crippen molar-refractivity contribution in [1.29, 1.82) is 0 Å². The summed E-state index contributed by atoms with van der Waals surface area (Å²) in [6, 6.07) is 0.228. The summed E-state index contributed by atoms with van der Waals surface area (Å²) in [4.78, 5) is 13.3. The van der Waals surface area contributed by atoms with Crippen LogP contribution >= 0.6 is 11.8 Å². The molecule has 1 N–H and O–H groups in total. The third-order valence-electron chi connectivity index (χ3n) is 1.77. The Labute approximate surface area is 84.5 Å². The SMILES string of the molecule is CSCC(=O)N(CCCO)C(C)C. The number of hydrogen-bond donors (Lipinski definition) is 1. The van der Waals surface area contributed by atoms with Gasteiger partial charge in [-0.15, -0.1) is 0 Å². The zero-order valence-electron chi connectivity index (χ0n) is 8.62. The molecule has 0 saturated heterocycles. The normalized spacial score (nSPS) is 10.5. The van der Waals surface area contributed by atoms with E-state index >= 15 is 0 Å². The van der Waals surface area contributed by atoms with Crippen molar-refractivity contribution in [2.75, 3.05) is 25.2 Å². The number of aliphatic hydroxyl groups excluding tert-OH is 1. The molecule has 0 heterocycles. The molecule has 3 nitrogen and oxygen atoms in total. The molecule has 0 unspecified atom stereocenters. The van der Waals surface area contributed by atoms with Gasteiger partial charge in [-0.25, -0.2) is 0 Å². The number of thioether (sulfide) groups is 1. The van der Waals surface area contributed by atoms with E-state index in [1.165, 1.54) is 11.8 Å². The van der Waals surface area contributed by atoms with Gasteiger partial charge in [0.15, 0.2) is 0 Å². The lowest BCUT2D eigenvalue weighted by Crippen LogP contribution is -2.39. The summed E-state index contributed by atoms with van der Waals surface area (Å²) in [7, 11) is 0. The van der Waals surface area contributed by atoms with E-state index in [-0.39, 0.29) is 18.6 Å². The lowest BCUT2D eigenvalue weighted by atomic mass is 10.3. The molecule has 0 rings (SSSR count). The van der Waals surface area contributed by atoms with Gasteiger partial charge in [0.05, 0.1) is 5.75 Å². The molecule has 0 aromatic heterocycles. The number of carbonyl (C=O) groups excluding carboxylic acids is 1. The van der Waals surface area contributed by atoms with Gasteiger partial charge in [-0.1, -0.05) is 0 Å². The van der Waals surface area contributed by atoms with Crippen LogP contribution in [0.4, 0.5) is 0 Å². The first-order valence-electron chi connectivity index (χ1n) is 4.52. The molecule has 0 aromatic rings. The highest BCUT2D eigenvalue weighted by Crippen LogP contribution is 2.04. The third-order valence-corrected chi connectivity index (χ3v) is 2.30. The third kappa shape index (κ3) is 5.16. The summed E-state index contributed by atoms with van der Waals surface area (Å²) in [5, 5.41) is 8.67. The summed E-state index contributed by atoms with van der Waals surface area (Å²) in [6.07, 6.45) is 2.58. The zero-order valence-corrected chi connectivity index (χ0v) is 9.43.